The summed E-state index contributed by atoms with van der Waals surface area (Å²) in [4.78, 5) is 27.3. The van der Waals surface area contributed by atoms with E-state index in [4.69, 9.17) is 4.74 Å². The molecule has 10 nitrogen and oxygen atoms in total. The number of carbonyl (C=O) groups excluding carboxylic acids is 2. The van der Waals surface area contributed by atoms with Crippen molar-refractivity contribution < 1.29 is 31.2 Å². The summed E-state index contributed by atoms with van der Waals surface area (Å²) in [5.41, 5.74) is 0.180. The van der Waals surface area contributed by atoms with Gasteiger partial charge in [-0.3, -0.25) is 4.79 Å². The molecule has 1 aromatic heterocycles. The zero-order valence-electron chi connectivity index (χ0n) is 15.9. The lowest BCUT2D eigenvalue weighted by molar-refractivity contribution is -0.137. The number of ether oxygens (including phenoxy) is 1. The first kappa shape index (κ1) is 22.3. The lowest BCUT2D eigenvalue weighted by Gasteiger charge is -2.26. The molecule has 2 aliphatic rings. The van der Waals surface area contributed by atoms with Crippen LogP contribution in [0.4, 0.5) is 0 Å². The Kier molecular flexibility index (Phi) is 6.55. The maximum Gasteiger partial charge on any atom is 0.340 e. The average molecular weight is 474 g/mol. The molecule has 0 aliphatic carbocycles. The molecule has 0 aromatic carbocycles. The van der Waals surface area contributed by atoms with E-state index in [1.165, 1.54) is 34.6 Å². The second kappa shape index (κ2) is 8.79. The van der Waals surface area contributed by atoms with Gasteiger partial charge in [0.25, 0.3) is 10.0 Å². The number of amidine groups is 1. The Morgan fingerprint density at radius 1 is 1.30 bits per heavy atom. The Morgan fingerprint density at radius 3 is 2.80 bits per heavy atom. The van der Waals surface area contributed by atoms with Gasteiger partial charge >= 0.3 is 5.97 Å². The van der Waals surface area contributed by atoms with Crippen LogP contribution in [0.15, 0.2) is 40.5 Å². The van der Waals surface area contributed by atoms with Gasteiger partial charge in [-0.1, -0.05) is 0 Å². The Hall–Kier alpha value is -2.35. The highest BCUT2D eigenvalue weighted by molar-refractivity contribution is 7.90. The van der Waals surface area contributed by atoms with Crippen LogP contribution in [0.5, 0.6) is 0 Å². The zero-order valence-corrected chi connectivity index (χ0v) is 18.3. The summed E-state index contributed by atoms with van der Waals surface area (Å²) in [6.07, 6.45) is 5.75. The third-order valence-corrected chi connectivity index (χ3v) is 7.14. The van der Waals surface area contributed by atoms with Crippen molar-refractivity contribution in [2.24, 2.45) is 4.40 Å². The van der Waals surface area contributed by atoms with Gasteiger partial charge in [0.05, 0.1) is 22.5 Å². The third kappa shape index (κ3) is 6.08. The summed E-state index contributed by atoms with van der Waals surface area (Å²) < 4.78 is 56.2. The van der Waals surface area contributed by atoms with E-state index in [1.807, 2.05) is 0 Å². The second-order valence-electron chi connectivity index (χ2n) is 6.53. The molecule has 0 bridgehead atoms. The van der Waals surface area contributed by atoms with E-state index in [0.29, 0.717) is 11.3 Å². The van der Waals surface area contributed by atoms with Gasteiger partial charge < -0.3 is 9.64 Å². The molecule has 0 spiro atoms. The van der Waals surface area contributed by atoms with Gasteiger partial charge in [-0.25, -0.2) is 26.4 Å². The smallest absolute Gasteiger partial charge is 0.340 e. The molecule has 1 N–H and O–H groups in total. The number of sulfonamides is 2. The van der Waals surface area contributed by atoms with Crippen molar-refractivity contribution in [1.82, 2.24) is 9.62 Å². The number of fused-ring (bicyclic) bond motifs is 1. The van der Waals surface area contributed by atoms with E-state index >= 15 is 0 Å². The van der Waals surface area contributed by atoms with E-state index in [1.54, 1.807) is 12.1 Å². The van der Waals surface area contributed by atoms with E-state index in [0.717, 1.165) is 11.1 Å². The van der Waals surface area contributed by atoms with E-state index < -0.39 is 32.6 Å². The molecule has 30 heavy (non-hydrogen) atoms. The topological polar surface area (TPSA) is 139 Å². The maximum atomic E-state index is 12.3. The highest BCUT2D eigenvalue weighted by Gasteiger charge is 2.25. The van der Waals surface area contributed by atoms with Crippen molar-refractivity contribution >= 4 is 49.0 Å². The molecule has 0 amide bonds. The van der Waals surface area contributed by atoms with Crippen molar-refractivity contribution in [3.63, 3.8) is 0 Å². The Bertz CT molecular complexity index is 1160. The number of carbonyl (C=O) groups is 2. The highest BCUT2D eigenvalue weighted by atomic mass is 32.2. The van der Waals surface area contributed by atoms with Gasteiger partial charge in [0.15, 0.2) is 6.61 Å². The van der Waals surface area contributed by atoms with Crippen molar-refractivity contribution in [3.8, 4) is 0 Å². The minimum atomic E-state index is -3.48. The van der Waals surface area contributed by atoms with Crippen LogP contribution in [0.3, 0.4) is 0 Å². The number of ketones is 1. The molecule has 3 heterocycles. The molecule has 13 heteroatoms. The first-order valence-corrected chi connectivity index (χ1v) is 13.1. The number of nitrogens with zero attached hydrogens (tertiary/aromatic N) is 2. The lowest BCUT2D eigenvalue weighted by atomic mass is 10.2. The zero-order chi connectivity index (χ0) is 21.9. The standard InChI is InChI=1S/C17H19N3O7S3/c1-29(23,24)18-7-6-13-3-4-15(28-13)14(21)11-27-17(22)12-2-5-16-19-30(25,26)9-8-20(16)10-12/h2-5,10,18H,6-9,11H2,1H3. The Balaban J connectivity index is 1.52. The van der Waals surface area contributed by atoms with Gasteiger partial charge in [0.1, 0.15) is 5.84 Å². The fourth-order valence-electron chi connectivity index (χ4n) is 2.63. The van der Waals surface area contributed by atoms with Crippen LogP contribution in [0.1, 0.15) is 14.5 Å². The maximum absolute atomic E-state index is 12.3. The molecule has 2 aliphatic heterocycles. The predicted molar refractivity (Wildman–Crippen MR) is 111 cm³/mol. The summed E-state index contributed by atoms with van der Waals surface area (Å²) in [6, 6.07) is 3.33. The molecule has 0 radical (unpaired) electrons. The summed E-state index contributed by atoms with van der Waals surface area (Å²) in [6.45, 7) is -0.0419. The van der Waals surface area contributed by atoms with Crippen molar-refractivity contribution in [2.75, 3.05) is 31.7 Å². The van der Waals surface area contributed by atoms with Crippen LogP contribution in [0, 0.1) is 0 Å². The normalized spacial score (nSPS) is 17.7. The summed E-state index contributed by atoms with van der Waals surface area (Å²) in [5, 5.41) is 0. The van der Waals surface area contributed by atoms with Crippen molar-refractivity contribution in [1.29, 1.82) is 0 Å². The Labute approximate surface area is 178 Å². The van der Waals surface area contributed by atoms with E-state index in [9.17, 15) is 26.4 Å². The second-order valence-corrected chi connectivity index (χ2v) is 11.3. The van der Waals surface area contributed by atoms with Crippen molar-refractivity contribution in [2.45, 2.75) is 6.42 Å². The SMILES string of the molecule is CS(=O)(=O)NCCc1ccc(C(=O)COC(=O)C2=CN3CCS(=O)(=O)N=C3C=C2)s1. The van der Waals surface area contributed by atoms with Gasteiger partial charge in [-0.2, -0.15) is 0 Å². The molecule has 0 saturated heterocycles. The minimum Gasteiger partial charge on any atom is -0.454 e. The van der Waals surface area contributed by atoms with Crippen LogP contribution in [-0.4, -0.2) is 71.0 Å². The fourth-order valence-corrected chi connectivity index (χ4v) is 5.00. The predicted octanol–water partition coefficient (Wildman–Crippen LogP) is 0.0633. The third-order valence-electron chi connectivity index (χ3n) is 4.07. The van der Waals surface area contributed by atoms with Gasteiger partial charge in [0.2, 0.25) is 15.8 Å². The molecule has 1 aromatic rings. The molecule has 0 unspecified atom stereocenters. The van der Waals surface area contributed by atoms with Crippen molar-refractivity contribution in [3.05, 3.63) is 45.8 Å². The fraction of sp³-hybridized carbons (Fsp3) is 0.353. The number of hydrogen-bond donors (Lipinski definition) is 1. The van der Waals surface area contributed by atoms with Gasteiger partial charge in [-0.15, -0.1) is 15.7 Å². The van der Waals surface area contributed by atoms with E-state index in [2.05, 4.69) is 9.12 Å². The largest absolute Gasteiger partial charge is 0.454 e. The van der Waals surface area contributed by atoms with Crippen LogP contribution in [0.25, 0.3) is 0 Å². The quantitative estimate of drug-likeness (QED) is 0.413. The number of thiophene rings is 1. The first-order chi connectivity index (χ1) is 14.0. The molecule has 162 valence electrons. The van der Waals surface area contributed by atoms with Crippen LogP contribution < -0.4 is 4.72 Å². The van der Waals surface area contributed by atoms with Crippen LogP contribution >= 0.6 is 11.3 Å². The number of Topliss-reactive ketones (excluding diaryl/α,β-unsaturated/α-hetero) is 1. The minimum absolute atomic E-state index is 0.151. The summed E-state index contributed by atoms with van der Waals surface area (Å²) in [5.74, 6) is -1.00. The van der Waals surface area contributed by atoms with Crippen LogP contribution in [-0.2, 0) is 36.0 Å². The highest BCUT2D eigenvalue weighted by Crippen LogP contribution is 2.19. The molecule has 0 atom stereocenters. The van der Waals surface area contributed by atoms with E-state index in [-0.39, 0.29) is 36.0 Å². The molecule has 0 saturated carbocycles. The molecule has 0 fully saturated rings. The summed E-state index contributed by atoms with van der Waals surface area (Å²) >= 11 is 1.21. The van der Waals surface area contributed by atoms with Crippen LogP contribution in [0.2, 0.25) is 0 Å². The molecule has 3 rings (SSSR count). The monoisotopic (exact) mass is 473 g/mol. The number of esters is 1. The lowest BCUT2D eigenvalue weighted by Crippen LogP contribution is -2.37. The number of rotatable bonds is 8. The van der Waals surface area contributed by atoms with Gasteiger partial charge in [0, 0.05) is 24.2 Å². The summed E-state index contributed by atoms with van der Waals surface area (Å²) in [7, 11) is -6.75. The number of hydrogen-bond acceptors (Lipinski definition) is 9. The Morgan fingerprint density at radius 2 is 2.07 bits per heavy atom. The molecular weight excluding hydrogens is 454 g/mol. The first-order valence-electron chi connectivity index (χ1n) is 8.75. The average Bonchev–Trinajstić information content (AvgIpc) is 3.12. The molecular formula is C17H19N3O7S3. The number of nitrogens with one attached hydrogen (secondary N) is 1. The van der Waals surface area contributed by atoms with Gasteiger partial charge in [-0.05, 0) is 30.7 Å².